The van der Waals surface area contributed by atoms with Gasteiger partial charge in [-0.15, -0.1) is 11.3 Å². The summed E-state index contributed by atoms with van der Waals surface area (Å²) in [6.45, 7) is 1.49. The molecule has 0 aliphatic heterocycles. The molecule has 0 saturated heterocycles. The molecule has 1 aromatic heterocycles. The first-order chi connectivity index (χ1) is 8.16. The summed E-state index contributed by atoms with van der Waals surface area (Å²) < 4.78 is 1.12. The normalized spacial score (nSPS) is 10.8. The van der Waals surface area contributed by atoms with Crippen LogP contribution in [-0.4, -0.2) is 0 Å². The maximum atomic E-state index is 6.09. The summed E-state index contributed by atoms with van der Waals surface area (Å²) in [6.07, 6.45) is 0. The van der Waals surface area contributed by atoms with Crippen molar-refractivity contribution in [3.8, 4) is 0 Å². The molecule has 0 amide bonds. The highest BCUT2D eigenvalue weighted by Gasteiger charge is 2.05. The van der Waals surface area contributed by atoms with Gasteiger partial charge in [0.25, 0.3) is 0 Å². The summed E-state index contributed by atoms with van der Waals surface area (Å²) in [4.78, 5) is 1.28. The van der Waals surface area contributed by atoms with E-state index in [1.165, 1.54) is 4.88 Å². The van der Waals surface area contributed by atoms with E-state index in [1.807, 2.05) is 18.2 Å². The van der Waals surface area contributed by atoms with Gasteiger partial charge in [-0.25, -0.2) is 0 Å². The molecule has 2 aromatic rings. The van der Waals surface area contributed by atoms with Gasteiger partial charge in [-0.05, 0) is 34.1 Å². The van der Waals surface area contributed by atoms with E-state index in [9.17, 15) is 0 Å². The van der Waals surface area contributed by atoms with Crippen molar-refractivity contribution in [1.82, 2.24) is 5.32 Å². The third-order valence-electron chi connectivity index (χ3n) is 2.28. The minimum absolute atomic E-state index is 0.675. The van der Waals surface area contributed by atoms with Crippen molar-refractivity contribution in [2.24, 2.45) is 0 Å². The lowest BCUT2D eigenvalue weighted by Crippen LogP contribution is -2.12. The summed E-state index contributed by atoms with van der Waals surface area (Å²) in [7, 11) is 0. The van der Waals surface area contributed by atoms with Gasteiger partial charge in [0, 0.05) is 43.4 Å². The van der Waals surface area contributed by atoms with E-state index in [1.54, 1.807) is 11.3 Å². The maximum Gasteiger partial charge on any atom is 0.0465 e. The van der Waals surface area contributed by atoms with Gasteiger partial charge < -0.3 is 5.32 Å². The van der Waals surface area contributed by atoms with Crippen LogP contribution in [-0.2, 0) is 13.1 Å². The van der Waals surface area contributed by atoms with Crippen LogP contribution in [0.5, 0.6) is 0 Å². The monoisotopic (exact) mass is 349 g/mol. The molecule has 1 aromatic carbocycles. The Kier molecular flexibility index (Phi) is 4.88. The Morgan fingerprint density at radius 1 is 1.18 bits per heavy atom. The zero-order valence-corrected chi connectivity index (χ0v) is 12.8. The number of halogens is 3. The number of thiophene rings is 1. The average Bonchev–Trinajstić information content (AvgIpc) is 2.69. The third-order valence-corrected chi connectivity index (χ3v) is 4.69. The molecule has 0 aliphatic carbocycles. The van der Waals surface area contributed by atoms with Crippen LogP contribution in [0.25, 0.3) is 0 Å². The number of hydrogen-bond donors (Lipinski definition) is 1. The largest absolute Gasteiger partial charge is 0.308 e. The summed E-state index contributed by atoms with van der Waals surface area (Å²) in [5, 5.41) is 6.81. The van der Waals surface area contributed by atoms with Gasteiger partial charge in [0.2, 0.25) is 0 Å². The van der Waals surface area contributed by atoms with Crippen LogP contribution in [0.1, 0.15) is 10.4 Å². The Morgan fingerprint density at radius 3 is 2.47 bits per heavy atom. The molecular weight excluding hydrogens is 341 g/mol. The third kappa shape index (κ3) is 3.70. The number of hydrogen-bond acceptors (Lipinski definition) is 2. The molecule has 1 N–H and O–H groups in total. The summed E-state index contributed by atoms with van der Waals surface area (Å²) in [6, 6.07) is 7.66. The summed E-state index contributed by atoms with van der Waals surface area (Å²) in [5.41, 5.74) is 0.950. The molecule has 5 heteroatoms. The summed E-state index contributed by atoms with van der Waals surface area (Å²) >= 11 is 17.3. The molecule has 17 heavy (non-hydrogen) atoms. The quantitative estimate of drug-likeness (QED) is 0.808. The highest BCUT2D eigenvalue weighted by Crippen LogP contribution is 2.24. The number of nitrogens with one attached hydrogen (secondary N) is 1. The summed E-state index contributed by atoms with van der Waals surface area (Å²) in [5.74, 6) is 0. The Labute approximate surface area is 123 Å². The van der Waals surface area contributed by atoms with Crippen molar-refractivity contribution in [2.75, 3.05) is 0 Å². The fourth-order valence-corrected chi connectivity index (χ4v) is 3.41. The fraction of sp³-hybridized carbons (Fsp3) is 0.167. The molecule has 1 nitrogen and oxygen atoms in total. The van der Waals surface area contributed by atoms with E-state index in [0.717, 1.165) is 16.6 Å². The molecule has 0 radical (unpaired) electrons. The minimum atomic E-state index is 0.675. The van der Waals surface area contributed by atoms with E-state index in [-0.39, 0.29) is 0 Å². The van der Waals surface area contributed by atoms with Gasteiger partial charge in [0.1, 0.15) is 0 Å². The molecule has 0 unspecified atom stereocenters. The molecule has 0 fully saturated rings. The van der Waals surface area contributed by atoms with Crippen LogP contribution < -0.4 is 5.32 Å². The molecule has 0 spiro atoms. The molecule has 0 bridgehead atoms. The minimum Gasteiger partial charge on any atom is -0.308 e. The molecule has 90 valence electrons. The second-order valence-electron chi connectivity index (χ2n) is 3.54. The predicted octanol–water partition coefficient (Wildman–Crippen LogP) is 5.11. The van der Waals surface area contributed by atoms with E-state index in [4.69, 9.17) is 23.2 Å². The molecule has 1 heterocycles. The lowest BCUT2D eigenvalue weighted by Gasteiger charge is -2.07. The maximum absolute atomic E-state index is 6.09. The van der Waals surface area contributed by atoms with Crippen molar-refractivity contribution >= 4 is 50.5 Å². The zero-order valence-electron chi connectivity index (χ0n) is 8.84. The van der Waals surface area contributed by atoms with Crippen LogP contribution in [0.2, 0.25) is 10.0 Å². The van der Waals surface area contributed by atoms with E-state index in [2.05, 4.69) is 32.7 Å². The van der Waals surface area contributed by atoms with Gasteiger partial charge >= 0.3 is 0 Å². The fourth-order valence-electron chi connectivity index (χ4n) is 1.46. The van der Waals surface area contributed by atoms with Crippen LogP contribution in [0.15, 0.2) is 34.1 Å². The van der Waals surface area contributed by atoms with Gasteiger partial charge in [-0.2, -0.15) is 0 Å². The van der Waals surface area contributed by atoms with Crippen LogP contribution in [0.4, 0.5) is 0 Å². The first-order valence-corrected chi connectivity index (χ1v) is 7.46. The highest BCUT2D eigenvalue weighted by molar-refractivity contribution is 9.10. The smallest absolute Gasteiger partial charge is 0.0465 e. The topological polar surface area (TPSA) is 12.0 Å². The Bertz CT molecular complexity index is 493. The SMILES string of the molecule is Clc1cccc(Cl)c1CNCc1cc(Br)cs1. The molecule has 0 aliphatic rings. The van der Waals surface area contributed by atoms with Gasteiger partial charge in [0.05, 0.1) is 0 Å². The van der Waals surface area contributed by atoms with Gasteiger partial charge in [-0.1, -0.05) is 29.3 Å². The van der Waals surface area contributed by atoms with Gasteiger partial charge in [-0.3, -0.25) is 0 Å². The Balaban J connectivity index is 1.94. The number of rotatable bonds is 4. The molecular formula is C12H10BrCl2NS. The van der Waals surface area contributed by atoms with Crippen LogP contribution >= 0.6 is 50.5 Å². The lowest BCUT2D eigenvalue weighted by atomic mass is 10.2. The molecule has 0 atom stereocenters. The van der Waals surface area contributed by atoms with E-state index >= 15 is 0 Å². The molecule has 2 rings (SSSR count). The van der Waals surface area contributed by atoms with Crippen molar-refractivity contribution in [3.63, 3.8) is 0 Å². The van der Waals surface area contributed by atoms with Crippen molar-refractivity contribution < 1.29 is 0 Å². The van der Waals surface area contributed by atoms with Crippen LogP contribution in [0, 0.1) is 0 Å². The van der Waals surface area contributed by atoms with Gasteiger partial charge in [0.15, 0.2) is 0 Å². The van der Waals surface area contributed by atoms with Crippen molar-refractivity contribution in [1.29, 1.82) is 0 Å². The zero-order chi connectivity index (χ0) is 12.3. The predicted molar refractivity (Wildman–Crippen MR) is 79.0 cm³/mol. The van der Waals surface area contributed by atoms with Crippen LogP contribution in [0.3, 0.4) is 0 Å². The first kappa shape index (κ1) is 13.4. The highest BCUT2D eigenvalue weighted by atomic mass is 79.9. The lowest BCUT2D eigenvalue weighted by molar-refractivity contribution is 0.701. The number of benzene rings is 1. The van der Waals surface area contributed by atoms with Crippen molar-refractivity contribution in [2.45, 2.75) is 13.1 Å². The standard InChI is InChI=1S/C12H10BrCl2NS/c13-8-4-9(17-7-8)5-16-6-10-11(14)2-1-3-12(10)15/h1-4,7,16H,5-6H2. The van der Waals surface area contributed by atoms with Crippen molar-refractivity contribution in [3.05, 3.63) is 54.6 Å². The Morgan fingerprint density at radius 2 is 1.88 bits per heavy atom. The second-order valence-corrected chi connectivity index (χ2v) is 6.26. The van der Waals surface area contributed by atoms with E-state index in [0.29, 0.717) is 16.6 Å². The second kappa shape index (κ2) is 6.21. The average molecular weight is 351 g/mol. The first-order valence-electron chi connectivity index (χ1n) is 5.03. The Hall–Kier alpha value is -0.0600. The van der Waals surface area contributed by atoms with E-state index < -0.39 is 0 Å². The molecule has 0 saturated carbocycles.